The summed E-state index contributed by atoms with van der Waals surface area (Å²) in [5.41, 5.74) is 0.949. The van der Waals surface area contributed by atoms with Crippen molar-refractivity contribution in [3.8, 4) is 0 Å². The minimum atomic E-state index is -3.85. The Morgan fingerprint density at radius 1 is 1.06 bits per heavy atom. The van der Waals surface area contributed by atoms with Crippen LogP contribution in [0.1, 0.15) is 34.3 Å². The summed E-state index contributed by atoms with van der Waals surface area (Å²) < 4.78 is 34.0. The second kappa shape index (κ2) is 9.67. The molecule has 3 rings (SSSR count). The molecule has 0 fully saturated rings. The van der Waals surface area contributed by atoms with E-state index in [9.17, 15) is 18.0 Å². The van der Waals surface area contributed by atoms with E-state index in [0.29, 0.717) is 17.0 Å². The molecule has 9 heteroatoms. The lowest BCUT2D eigenvalue weighted by molar-refractivity contribution is -0.147. The van der Waals surface area contributed by atoms with E-state index in [1.165, 1.54) is 6.20 Å². The molecule has 31 heavy (non-hydrogen) atoms. The molecule has 1 aromatic heterocycles. The van der Waals surface area contributed by atoms with E-state index in [4.69, 9.17) is 4.74 Å². The lowest BCUT2D eigenvalue weighted by Crippen LogP contribution is -2.28. The Kier molecular flexibility index (Phi) is 6.98. The van der Waals surface area contributed by atoms with Crippen LogP contribution in [0, 0.1) is 6.92 Å². The summed E-state index contributed by atoms with van der Waals surface area (Å²) in [5, 5.41) is -0.123. The molecule has 0 aliphatic heterocycles. The average Bonchev–Trinajstić information content (AvgIpc) is 3.12. The largest absolute Gasteiger partial charge is 0.449 e. The number of esters is 1. The topological polar surface area (TPSA) is 107 Å². The minimum absolute atomic E-state index is 0.123. The standard InChI is InChI=1S/C22H23N3O5S/c1-16-24-19(15-25(16)2)31(28,29)23-14-13-20(26)30-22(18-11-7-4-8-12-18)21(27)17-9-5-3-6-10-17/h3-12,15,22-23H,13-14H2,1-2H3. The van der Waals surface area contributed by atoms with E-state index in [-0.39, 0.29) is 23.8 Å². The molecule has 0 aliphatic rings. The van der Waals surface area contributed by atoms with Crippen LogP contribution in [0.15, 0.2) is 71.9 Å². The summed E-state index contributed by atoms with van der Waals surface area (Å²) in [6.07, 6.45) is 0.0299. The number of rotatable bonds is 9. The quantitative estimate of drug-likeness (QED) is 0.404. The van der Waals surface area contributed by atoms with Crippen LogP contribution in [0.3, 0.4) is 0 Å². The molecule has 1 unspecified atom stereocenters. The van der Waals surface area contributed by atoms with Crippen molar-refractivity contribution in [2.45, 2.75) is 24.5 Å². The Labute approximate surface area is 180 Å². The number of imidazole rings is 1. The number of nitrogens with one attached hydrogen (secondary N) is 1. The van der Waals surface area contributed by atoms with Crippen LogP contribution in [-0.2, 0) is 26.6 Å². The Bertz CT molecular complexity index is 1140. The van der Waals surface area contributed by atoms with Gasteiger partial charge in [0.1, 0.15) is 5.82 Å². The highest BCUT2D eigenvalue weighted by Crippen LogP contribution is 2.23. The number of aromatic nitrogens is 2. The summed E-state index contributed by atoms with van der Waals surface area (Å²) in [6, 6.07) is 17.2. The van der Waals surface area contributed by atoms with Crippen LogP contribution in [0.25, 0.3) is 0 Å². The van der Waals surface area contributed by atoms with Crippen LogP contribution in [0.2, 0.25) is 0 Å². The van der Waals surface area contributed by atoms with Gasteiger partial charge < -0.3 is 9.30 Å². The third-order valence-corrected chi connectivity index (χ3v) is 5.96. The van der Waals surface area contributed by atoms with Crippen molar-refractivity contribution in [1.82, 2.24) is 14.3 Å². The highest BCUT2D eigenvalue weighted by atomic mass is 32.2. The van der Waals surface area contributed by atoms with E-state index in [2.05, 4.69) is 9.71 Å². The Morgan fingerprint density at radius 2 is 1.68 bits per heavy atom. The molecule has 0 bridgehead atoms. The van der Waals surface area contributed by atoms with Crippen molar-refractivity contribution in [3.05, 3.63) is 83.8 Å². The smallest absolute Gasteiger partial charge is 0.308 e. The maximum Gasteiger partial charge on any atom is 0.308 e. The van der Waals surface area contributed by atoms with Gasteiger partial charge in [0, 0.05) is 30.9 Å². The SMILES string of the molecule is Cc1nc(S(=O)(=O)NCCC(=O)OC(C(=O)c2ccccc2)c2ccccc2)cn1C. The number of nitrogens with zero attached hydrogens (tertiary/aromatic N) is 2. The van der Waals surface area contributed by atoms with Gasteiger partial charge in [-0.3, -0.25) is 9.59 Å². The minimum Gasteiger partial charge on any atom is -0.449 e. The number of aryl methyl sites for hydroxylation is 2. The maximum absolute atomic E-state index is 12.9. The van der Waals surface area contributed by atoms with Gasteiger partial charge in [0.2, 0.25) is 5.78 Å². The first-order chi connectivity index (χ1) is 14.8. The van der Waals surface area contributed by atoms with Crippen molar-refractivity contribution in [1.29, 1.82) is 0 Å². The van der Waals surface area contributed by atoms with Gasteiger partial charge in [-0.1, -0.05) is 60.7 Å². The zero-order valence-corrected chi connectivity index (χ0v) is 18.0. The third-order valence-electron chi connectivity index (χ3n) is 4.63. The van der Waals surface area contributed by atoms with E-state index >= 15 is 0 Å². The molecule has 1 heterocycles. The Morgan fingerprint density at radius 3 is 2.26 bits per heavy atom. The molecule has 8 nitrogen and oxygen atoms in total. The number of carbonyl (C=O) groups excluding carboxylic acids is 2. The summed E-state index contributed by atoms with van der Waals surface area (Å²) in [6.45, 7) is 1.50. The predicted octanol–water partition coefficient (Wildman–Crippen LogP) is 2.56. The van der Waals surface area contributed by atoms with Gasteiger partial charge >= 0.3 is 5.97 Å². The first-order valence-corrected chi connectivity index (χ1v) is 11.1. The molecule has 0 spiro atoms. The highest BCUT2D eigenvalue weighted by molar-refractivity contribution is 7.89. The molecule has 0 aliphatic carbocycles. The molecule has 3 aromatic rings. The number of hydrogen-bond acceptors (Lipinski definition) is 6. The second-order valence-corrected chi connectivity index (χ2v) is 8.61. The molecule has 1 N–H and O–H groups in total. The van der Waals surface area contributed by atoms with Crippen molar-refractivity contribution in [2.24, 2.45) is 7.05 Å². The lowest BCUT2D eigenvalue weighted by Gasteiger charge is -2.17. The number of hydrogen-bond donors (Lipinski definition) is 1. The predicted molar refractivity (Wildman–Crippen MR) is 114 cm³/mol. The molecule has 0 saturated carbocycles. The number of ether oxygens (including phenoxy) is 1. The van der Waals surface area contributed by atoms with Crippen LogP contribution < -0.4 is 4.72 Å². The fraction of sp³-hybridized carbons (Fsp3) is 0.227. The fourth-order valence-electron chi connectivity index (χ4n) is 2.86. The van der Waals surface area contributed by atoms with E-state index < -0.39 is 22.1 Å². The number of Topliss-reactive ketones (excluding diaryl/α,β-unsaturated/α-hetero) is 1. The third kappa shape index (κ3) is 5.65. The molecular formula is C22H23N3O5S. The molecule has 0 radical (unpaired) electrons. The molecule has 1 atom stereocenters. The van der Waals surface area contributed by atoms with Crippen molar-refractivity contribution in [2.75, 3.05) is 6.54 Å². The summed E-state index contributed by atoms with van der Waals surface area (Å²) in [7, 11) is -2.17. The van der Waals surface area contributed by atoms with Gasteiger partial charge in [-0.05, 0) is 6.92 Å². The van der Waals surface area contributed by atoms with Crippen LogP contribution in [-0.4, -0.2) is 36.3 Å². The van der Waals surface area contributed by atoms with Crippen LogP contribution >= 0.6 is 0 Å². The van der Waals surface area contributed by atoms with E-state index in [0.717, 1.165) is 0 Å². The van der Waals surface area contributed by atoms with Gasteiger partial charge in [0.05, 0.1) is 6.42 Å². The zero-order chi connectivity index (χ0) is 22.4. The first kappa shape index (κ1) is 22.4. The monoisotopic (exact) mass is 441 g/mol. The number of benzene rings is 2. The lowest BCUT2D eigenvalue weighted by atomic mass is 10.00. The zero-order valence-electron chi connectivity index (χ0n) is 17.2. The average molecular weight is 442 g/mol. The van der Waals surface area contributed by atoms with Gasteiger partial charge in [-0.2, -0.15) is 0 Å². The summed E-state index contributed by atoms with van der Waals surface area (Å²) in [4.78, 5) is 29.3. The van der Waals surface area contributed by atoms with Gasteiger partial charge in [-0.25, -0.2) is 18.1 Å². The molecular weight excluding hydrogens is 418 g/mol. The molecule has 162 valence electrons. The number of ketones is 1. The van der Waals surface area contributed by atoms with Gasteiger partial charge in [-0.15, -0.1) is 0 Å². The Balaban J connectivity index is 1.66. The normalized spacial score (nSPS) is 12.3. The van der Waals surface area contributed by atoms with Crippen molar-refractivity contribution in [3.63, 3.8) is 0 Å². The Hall–Kier alpha value is -3.30. The van der Waals surface area contributed by atoms with E-state index in [1.807, 2.05) is 0 Å². The van der Waals surface area contributed by atoms with Gasteiger partial charge in [0.15, 0.2) is 11.1 Å². The van der Waals surface area contributed by atoms with Crippen LogP contribution in [0.4, 0.5) is 0 Å². The summed E-state index contributed by atoms with van der Waals surface area (Å²) >= 11 is 0. The highest BCUT2D eigenvalue weighted by Gasteiger charge is 2.26. The number of carbonyl (C=O) groups is 2. The van der Waals surface area contributed by atoms with Crippen LogP contribution in [0.5, 0.6) is 0 Å². The number of sulfonamides is 1. The van der Waals surface area contributed by atoms with Crippen molar-refractivity contribution >= 4 is 21.8 Å². The summed E-state index contributed by atoms with van der Waals surface area (Å²) in [5.74, 6) is -0.507. The molecule has 0 saturated heterocycles. The maximum atomic E-state index is 12.9. The molecule has 0 amide bonds. The molecule has 2 aromatic carbocycles. The van der Waals surface area contributed by atoms with Crippen molar-refractivity contribution < 1.29 is 22.7 Å². The van der Waals surface area contributed by atoms with Gasteiger partial charge in [0.25, 0.3) is 10.0 Å². The van der Waals surface area contributed by atoms with E-state index in [1.54, 1.807) is 79.2 Å². The fourth-order valence-corrected chi connectivity index (χ4v) is 3.93. The second-order valence-electron chi connectivity index (χ2n) is 6.90. The first-order valence-electron chi connectivity index (χ1n) is 9.61.